The molecule has 1 fully saturated rings. The molecule has 1 aromatic heterocycles. The number of nitrogens with zero attached hydrogens (tertiary/aromatic N) is 1. The normalized spacial score (nSPS) is 22.3. The third kappa shape index (κ3) is 3.08. The van der Waals surface area contributed by atoms with Crippen LogP contribution in [0.5, 0.6) is 0 Å². The maximum Gasteiger partial charge on any atom is 0.0220 e. The molecule has 2 rings (SSSR count). The first-order valence-electron chi connectivity index (χ1n) is 5.92. The van der Waals surface area contributed by atoms with Crippen LogP contribution < -0.4 is 5.32 Å². The maximum atomic E-state index is 3.47. The number of aromatic nitrogens is 1. The molecule has 1 aromatic rings. The quantitative estimate of drug-likeness (QED) is 0.718. The summed E-state index contributed by atoms with van der Waals surface area (Å²) in [7, 11) is 0. The largest absolute Gasteiger partial charge is 0.367 e. The van der Waals surface area contributed by atoms with Gasteiger partial charge in [0.05, 0.1) is 0 Å². The van der Waals surface area contributed by atoms with E-state index in [9.17, 15) is 0 Å². The lowest BCUT2D eigenvalue weighted by Gasteiger charge is -2.20. The molecule has 2 N–H and O–H groups in total. The zero-order valence-electron chi connectivity index (χ0n) is 9.50. The average Bonchev–Trinajstić information content (AvgIpc) is 2.85. The lowest BCUT2D eigenvalue weighted by atomic mass is 10.2. The molecular formula is C12H21N3. The van der Waals surface area contributed by atoms with E-state index in [1.807, 2.05) is 12.4 Å². The molecule has 1 atom stereocenters. The van der Waals surface area contributed by atoms with Crippen LogP contribution in [-0.2, 0) is 6.54 Å². The zero-order chi connectivity index (χ0) is 10.5. The average molecular weight is 207 g/mol. The van der Waals surface area contributed by atoms with Gasteiger partial charge in [-0.15, -0.1) is 0 Å². The summed E-state index contributed by atoms with van der Waals surface area (Å²) in [4.78, 5) is 5.64. The molecule has 0 spiro atoms. The Bertz CT molecular complexity index is 268. The molecule has 3 nitrogen and oxygen atoms in total. The molecule has 0 amide bonds. The zero-order valence-corrected chi connectivity index (χ0v) is 9.50. The summed E-state index contributed by atoms with van der Waals surface area (Å²) in [6.45, 7) is 6.87. The van der Waals surface area contributed by atoms with Crippen LogP contribution >= 0.6 is 0 Å². The summed E-state index contributed by atoms with van der Waals surface area (Å²) >= 11 is 0. The SMILES string of the molecule is CC1CCCN1CCNCc1cc[nH]c1. The van der Waals surface area contributed by atoms with Crippen LogP contribution in [0.15, 0.2) is 18.5 Å². The van der Waals surface area contributed by atoms with E-state index in [-0.39, 0.29) is 0 Å². The van der Waals surface area contributed by atoms with Gasteiger partial charge in [0.2, 0.25) is 0 Å². The van der Waals surface area contributed by atoms with Gasteiger partial charge in [-0.25, -0.2) is 0 Å². The highest BCUT2D eigenvalue weighted by Gasteiger charge is 2.18. The van der Waals surface area contributed by atoms with Crippen molar-refractivity contribution < 1.29 is 0 Å². The maximum absolute atomic E-state index is 3.47. The first-order chi connectivity index (χ1) is 7.36. The summed E-state index contributed by atoms with van der Waals surface area (Å²) in [5.74, 6) is 0. The number of hydrogen-bond donors (Lipinski definition) is 2. The molecule has 0 aliphatic carbocycles. The third-order valence-electron chi connectivity index (χ3n) is 3.26. The highest BCUT2D eigenvalue weighted by molar-refractivity contribution is 5.07. The van der Waals surface area contributed by atoms with Crippen molar-refractivity contribution in [2.75, 3.05) is 19.6 Å². The van der Waals surface area contributed by atoms with Crippen LogP contribution in [0.2, 0.25) is 0 Å². The van der Waals surface area contributed by atoms with Gasteiger partial charge in [-0.2, -0.15) is 0 Å². The van der Waals surface area contributed by atoms with Crippen LogP contribution in [-0.4, -0.2) is 35.6 Å². The van der Waals surface area contributed by atoms with Crippen molar-refractivity contribution in [2.45, 2.75) is 32.4 Å². The monoisotopic (exact) mass is 207 g/mol. The Morgan fingerprint density at radius 2 is 2.53 bits per heavy atom. The van der Waals surface area contributed by atoms with E-state index in [1.54, 1.807) is 0 Å². The van der Waals surface area contributed by atoms with Crippen LogP contribution in [0.25, 0.3) is 0 Å². The van der Waals surface area contributed by atoms with Crippen molar-refractivity contribution in [1.82, 2.24) is 15.2 Å². The minimum Gasteiger partial charge on any atom is -0.367 e. The second kappa shape index (κ2) is 5.33. The fourth-order valence-corrected chi connectivity index (χ4v) is 2.25. The van der Waals surface area contributed by atoms with Gasteiger partial charge < -0.3 is 10.3 Å². The fraction of sp³-hybridized carbons (Fsp3) is 0.667. The summed E-state index contributed by atoms with van der Waals surface area (Å²) in [5, 5.41) is 3.47. The number of likely N-dealkylation sites (tertiary alicyclic amines) is 1. The molecule has 0 bridgehead atoms. The molecule has 0 saturated carbocycles. The summed E-state index contributed by atoms with van der Waals surface area (Å²) in [5.41, 5.74) is 1.34. The highest BCUT2D eigenvalue weighted by Crippen LogP contribution is 2.14. The summed E-state index contributed by atoms with van der Waals surface area (Å²) in [6, 6.07) is 2.91. The first-order valence-corrected chi connectivity index (χ1v) is 5.92. The molecule has 15 heavy (non-hydrogen) atoms. The van der Waals surface area contributed by atoms with E-state index in [4.69, 9.17) is 0 Å². The van der Waals surface area contributed by atoms with Crippen LogP contribution in [0.1, 0.15) is 25.3 Å². The van der Waals surface area contributed by atoms with E-state index in [1.165, 1.54) is 31.5 Å². The molecular weight excluding hydrogens is 186 g/mol. The highest BCUT2D eigenvalue weighted by atomic mass is 15.2. The number of nitrogens with one attached hydrogen (secondary N) is 2. The van der Waals surface area contributed by atoms with Gasteiger partial charge in [-0.05, 0) is 37.9 Å². The van der Waals surface area contributed by atoms with Gasteiger partial charge in [-0.1, -0.05) is 0 Å². The van der Waals surface area contributed by atoms with Gasteiger partial charge in [-0.3, -0.25) is 4.90 Å². The van der Waals surface area contributed by atoms with Crippen molar-refractivity contribution in [3.63, 3.8) is 0 Å². The molecule has 1 saturated heterocycles. The topological polar surface area (TPSA) is 31.1 Å². The lowest BCUT2D eigenvalue weighted by Crippen LogP contribution is -2.34. The van der Waals surface area contributed by atoms with E-state index in [2.05, 4.69) is 28.2 Å². The molecule has 84 valence electrons. The Hall–Kier alpha value is -0.800. The van der Waals surface area contributed by atoms with Gasteiger partial charge in [0.15, 0.2) is 0 Å². The first kappa shape index (κ1) is 10.7. The van der Waals surface area contributed by atoms with Gasteiger partial charge in [0.25, 0.3) is 0 Å². The van der Waals surface area contributed by atoms with Gasteiger partial charge in [0, 0.05) is 38.1 Å². The smallest absolute Gasteiger partial charge is 0.0220 e. The third-order valence-corrected chi connectivity index (χ3v) is 3.26. The minimum atomic E-state index is 0.791. The fourth-order valence-electron chi connectivity index (χ4n) is 2.25. The predicted octanol–water partition coefficient (Wildman–Crippen LogP) is 1.59. The van der Waals surface area contributed by atoms with Crippen molar-refractivity contribution in [3.8, 4) is 0 Å². The minimum absolute atomic E-state index is 0.791. The second-order valence-corrected chi connectivity index (χ2v) is 4.42. The van der Waals surface area contributed by atoms with Crippen LogP contribution in [0.3, 0.4) is 0 Å². The van der Waals surface area contributed by atoms with Crippen molar-refractivity contribution in [2.24, 2.45) is 0 Å². The molecule has 3 heteroatoms. The van der Waals surface area contributed by atoms with E-state index >= 15 is 0 Å². The molecule has 2 heterocycles. The summed E-state index contributed by atoms with van der Waals surface area (Å²) < 4.78 is 0. The molecule has 0 aromatic carbocycles. The van der Waals surface area contributed by atoms with Crippen LogP contribution in [0.4, 0.5) is 0 Å². The molecule has 0 radical (unpaired) electrons. The summed E-state index contributed by atoms with van der Waals surface area (Å²) in [6.07, 6.45) is 6.77. The van der Waals surface area contributed by atoms with Crippen LogP contribution in [0, 0.1) is 0 Å². The number of aromatic amines is 1. The number of H-pyrrole nitrogens is 1. The van der Waals surface area contributed by atoms with Crippen molar-refractivity contribution in [3.05, 3.63) is 24.0 Å². The predicted molar refractivity (Wildman–Crippen MR) is 62.8 cm³/mol. The molecule has 1 aliphatic rings. The van der Waals surface area contributed by atoms with Crippen molar-refractivity contribution in [1.29, 1.82) is 0 Å². The van der Waals surface area contributed by atoms with Crippen molar-refractivity contribution >= 4 is 0 Å². The van der Waals surface area contributed by atoms with E-state index < -0.39 is 0 Å². The Morgan fingerprint density at radius 1 is 1.60 bits per heavy atom. The standard InChI is InChI=1S/C12H21N3/c1-11-3-2-7-15(11)8-6-14-10-12-4-5-13-9-12/h4-5,9,11,13-14H,2-3,6-8,10H2,1H3. The number of hydrogen-bond acceptors (Lipinski definition) is 2. The molecule has 1 unspecified atom stereocenters. The van der Waals surface area contributed by atoms with Gasteiger partial charge >= 0.3 is 0 Å². The van der Waals surface area contributed by atoms with Gasteiger partial charge in [0.1, 0.15) is 0 Å². The Kier molecular flexibility index (Phi) is 3.80. The van der Waals surface area contributed by atoms with E-state index in [0.29, 0.717) is 0 Å². The Morgan fingerprint density at radius 3 is 3.20 bits per heavy atom. The molecule has 1 aliphatic heterocycles. The number of rotatable bonds is 5. The second-order valence-electron chi connectivity index (χ2n) is 4.42. The van der Waals surface area contributed by atoms with E-state index in [0.717, 1.165) is 19.1 Å². The lowest BCUT2D eigenvalue weighted by molar-refractivity contribution is 0.268. The Labute approximate surface area is 91.9 Å². The Balaban J connectivity index is 1.59.